The molecule has 0 radical (unpaired) electrons. The van der Waals surface area contributed by atoms with Gasteiger partial charge in [-0.05, 0) is 12.8 Å². The first-order valence-corrected chi connectivity index (χ1v) is 12.7. The molecule has 3 aliphatic heterocycles. The molecule has 9 unspecified atom stereocenters. The lowest BCUT2D eigenvalue weighted by atomic mass is 9.83. The lowest BCUT2D eigenvalue weighted by Crippen LogP contribution is -2.44. The molecule has 1 N–H and O–H groups in total. The molecule has 4 bridgehead atoms. The van der Waals surface area contributed by atoms with E-state index in [-0.39, 0.29) is 11.8 Å². The molecular formula is C17H18F2O11S2. The quantitative estimate of drug-likeness (QED) is 0.219. The molecule has 15 heteroatoms. The highest BCUT2D eigenvalue weighted by Gasteiger charge is 2.66. The van der Waals surface area contributed by atoms with Gasteiger partial charge >= 0.3 is 27.3 Å². The van der Waals surface area contributed by atoms with Crippen molar-refractivity contribution in [2.45, 2.75) is 47.8 Å². The molecule has 0 spiro atoms. The summed E-state index contributed by atoms with van der Waals surface area (Å²) in [5, 5.41) is -5.34. The summed E-state index contributed by atoms with van der Waals surface area (Å²) in [4.78, 5) is 25.4. The molecule has 2 saturated heterocycles. The third-order valence-corrected chi connectivity index (χ3v) is 9.52. The Labute approximate surface area is 180 Å². The lowest BCUT2D eigenvalue weighted by Gasteiger charge is -2.28. The summed E-state index contributed by atoms with van der Waals surface area (Å²) in [5.74, 6) is -5.35. The average molecular weight is 500 g/mol. The first-order chi connectivity index (χ1) is 14.8. The standard InChI is InChI=1S/C17H18F2O11S2/c18-17(19,32(24,25)26)5-27-15(20)11-8-1-2-9(28-8)12(11)16(21)29-13-6-3-7-10(4-6)31(22,23)30-14(7)13/h1-2,6-14H,3-5H2,(H,24,25,26). The number of carbonyl (C=O) groups is 2. The van der Waals surface area contributed by atoms with E-state index in [2.05, 4.69) is 4.74 Å². The van der Waals surface area contributed by atoms with Crippen molar-refractivity contribution in [1.82, 2.24) is 0 Å². The van der Waals surface area contributed by atoms with E-state index in [9.17, 15) is 35.2 Å². The van der Waals surface area contributed by atoms with Gasteiger partial charge in [-0.2, -0.15) is 25.6 Å². The number of hydrogen-bond donors (Lipinski definition) is 1. The third-order valence-electron chi connectivity index (χ3n) is 6.87. The van der Waals surface area contributed by atoms with E-state index in [1.165, 1.54) is 12.2 Å². The summed E-state index contributed by atoms with van der Waals surface area (Å²) in [7, 11) is -9.53. The smallest absolute Gasteiger partial charge is 0.402 e. The third kappa shape index (κ3) is 3.20. The van der Waals surface area contributed by atoms with E-state index in [1.54, 1.807) is 0 Å². The van der Waals surface area contributed by atoms with Crippen molar-refractivity contribution in [3.8, 4) is 0 Å². The Morgan fingerprint density at radius 2 is 1.75 bits per heavy atom. The van der Waals surface area contributed by atoms with Crippen LogP contribution in [0.3, 0.4) is 0 Å². The van der Waals surface area contributed by atoms with E-state index < -0.39 is 85.5 Å². The van der Waals surface area contributed by atoms with Crippen LogP contribution in [-0.4, -0.2) is 74.9 Å². The van der Waals surface area contributed by atoms with Gasteiger partial charge in [0.25, 0.3) is 10.1 Å². The molecule has 0 aromatic carbocycles. The van der Waals surface area contributed by atoms with Crippen LogP contribution in [0.15, 0.2) is 12.2 Å². The van der Waals surface area contributed by atoms with Gasteiger partial charge in [0.2, 0.25) is 0 Å². The predicted molar refractivity (Wildman–Crippen MR) is 95.9 cm³/mol. The Kier molecular flexibility index (Phi) is 4.78. The van der Waals surface area contributed by atoms with Crippen molar-refractivity contribution in [2.24, 2.45) is 23.7 Å². The molecule has 32 heavy (non-hydrogen) atoms. The molecule has 11 nitrogen and oxygen atoms in total. The summed E-state index contributed by atoms with van der Waals surface area (Å²) < 4.78 is 101. The largest absolute Gasteiger partial charge is 0.459 e. The SMILES string of the molecule is O=C(OCC(F)(F)S(=O)(=O)O)C1C2C=CC(O2)C1C(=O)OC1C2CC3C1OS(=O)(=O)C3C2. The molecule has 2 aliphatic carbocycles. The van der Waals surface area contributed by atoms with Crippen molar-refractivity contribution >= 4 is 32.2 Å². The van der Waals surface area contributed by atoms with Gasteiger partial charge in [0.1, 0.15) is 24.0 Å². The molecule has 0 aromatic heterocycles. The molecule has 0 aromatic rings. The van der Waals surface area contributed by atoms with Gasteiger partial charge in [0.15, 0.2) is 6.61 Å². The first kappa shape index (κ1) is 22.1. The summed E-state index contributed by atoms with van der Waals surface area (Å²) >= 11 is 0. The van der Waals surface area contributed by atoms with E-state index >= 15 is 0 Å². The maximum atomic E-state index is 13.4. The van der Waals surface area contributed by atoms with Gasteiger partial charge in [0.05, 0.1) is 17.5 Å². The van der Waals surface area contributed by atoms with Crippen LogP contribution in [0.25, 0.3) is 0 Å². The number of halogens is 2. The predicted octanol–water partition coefficient (Wildman–Crippen LogP) is -0.371. The Bertz CT molecular complexity index is 1100. The van der Waals surface area contributed by atoms with E-state index in [0.717, 1.165) is 0 Å². The van der Waals surface area contributed by atoms with Crippen molar-refractivity contribution in [3.05, 3.63) is 12.2 Å². The van der Waals surface area contributed by atoms with Crippen LogP contribution in [0, 0.1) is 23.7 Å². The summed E-state index contributed by atoms with van der Waals surface area (Å²) in [6.45, 7) is -1.94. The van der Waals surface area contributed by atoms with Crippen molar-refractivity contribution < 1.29 is 58.2 Å². The zero-order chi connectivity index (χ0) is 23.2. The maximum Gasteiger partial charge on any atom is 0.402 e. The number of carbonyl (C=O) groups excluding carboxylic acids is 2. The van der Waals surface area contributed by atoms with Crippen molar-refractivity contribution in [1.29, 1.82) is 0 Å². The zero-order valence-electron chi connectivity index (χ0n) is 16.1. The molecule has 4 fully saturated rings. The van der Waals surface area contributed by atoms with E-state index in [4.69, 9.17) is 18.2 Å². The second-order valence-electron chi connectivity index (χ2n) is 8.61. The molecule has 9 atom stereocenters. The van der Waals surface area contributed by atoms with Gasteiger partial charge in [0, 0.05) is 11.8 Å². The fraction of sp³-hybridized carbons (Fsp3) is 0.765. The highest BCUT2D eigenvalue weighted by Crippen LogP contribution is 2.55. The number of fused-ring (bicyclic) bond motifs is 3. The maximum absolute atomic E-state index is 13.4. The average Bonchev–Trinajstić information content (AvgIpc) is 3.46. The van der Waals surface area contributed by atoms with Crippen molar-refractivity contribution in [2.75, 3.05) is 6.61 Å². The summed E-state index contributed by atoms with van der Waals surface area (Å²) in [6.07, 6.45) is 0.256. The summed E-state index contributed by atoms with van der Waals surface area (Å²) in [6, 6.07) is 0. The van der Waals surface area contributed by atoms with Crippen LogP contribution < -0.4 is 0 Å². The van der Waals surface area contributed by atoms with Gasteiger partial charge in [-0.3, -0.25) is 18.3 Å². The minimum atomic E-state index is -5.81. The van der Waals surface area contributed by atoms with Gasteiger partial charge in [-0.15, -0.1) is 0 Å². The Morgan fingerprint density at radius 1 is 1.12 bits per heavy atom. The highest BCUT2D eigenvalue weighted by molar-refractivity contribution is 7.87. The summed E-state index contributed by atoms with van der Waals surface area (Å²) in [5.41, 5.74) is 0. The second kappa shape index (κ2) is 6.91. The normalized spacial score (nSPS) is 43.0. The molecule has 3 heterocycles. The van der Waals surface area contributed by atoms with Gasteiger partial charge in [-0.1, -0.05) is 12.2 Å². The van der Waals surface area contributed by atoms with Gasteiger partial charge in [-0.25, -0.2) is 0 Å². The molecule has 2 saturated carbocycles. The van der Waals surface area contributed by atoms with Crippen LogP contribution in [-0.2, 0) is 48.2 Å². The fourth-order valence-electron chi connectivity index (χ4n) is 5.45. The minimum absolute atomic E-state index is 0.217. The Balaban J connectivity index is 1.29. The van der Waals surface area contributed by atoms with Gasteiger partial charge < -0.3 is 14.2 Å². The molecule has 178 valence electrons. The molecule has 5 rings (SSSR count). The number of hydrogen-bond acceptors (Lipinski definition) is 10. The van der Waals surface area contributed by atoms with Crippen molar-refractivity contribution in [3.63, 3.8) is 0 Å². The van der Waals surface area contributed by atoms with Crippen LogP contribution in [0.5, 0.6) is 0 Å². The molecule has 5 aliphatic rings. The minimum Gasteiger partial charge on any atom is -0.459 e. The van der Waals surface area contributed by atoms with Crippen LogP contribution in [0.4, 0.5) is 8.78 Å². The van der Waals surface area contributed by atoms with E-state index in [0.29, 0.717) is 12.8 Å². The number of esters is 2. The Morgan fingerprint density at radius 3 is 2.38 bits per heavy atom. The number of ether oxygens (including phenoxy) is 3. The number of rotatable bonds is 6. The number of alkyl halides is 2. The van der Waals surface area contributed by atoms with Crippen LogP contribution in [0.2, 0.25) is 0 Å². The topological polar surface area (TPSA) is 160 Å². The fourth-order valence-corrected chi connectivity index (χ4v) is 7.54. The Hall–Kier alpha value is -1.68. The van der Waals surface area contributed by atoms with E-state index in [1.807, 2.05) is 0 Å². The highest BCUT2D eigenvalue weighted by atomic mass is 32.2. The monoisotopic (exact) mass is 500 g/mol. The zero-order valence-corrected chi connectivity index (χ0v) is 17.7. The lowest BCUT2D eigenvalue weighted by molar-refractivity contribution is -0.169. The second-order valence-corrected chi connectivity index (χ2v) is 11.9. The van der Waals surface area contributed by atoms with Crippen LogP contribution >= 0.6 is 0 Å². The molecule has 0 amide bonds. The first-order valence-electron chi connectivity index (χ1n) is 9.78. The van der Waals surface area contributed by atoms with Crippen LogP contribution in [0.1, 0.15) is 12.8 Å². The molecular weight excluding hydrogens is 482 g/mol.